The molecule has 2 atom stereocenters. The van der Waals surface area contributed by atoms with E-state index in [1.807, 2.05) is 12.1 Å². The van der Waals surface area contributed by atoms with E-state index in [1.165, 1.54) is 0 Å². The summed E-state index contributed by atoms with van der Waals surface area (Å²) in [6, 6.07) is 6.03. The molecule has 0 amide bonds. The highest BCUT2D eigenvalue weighted by Crippen LogP contribution is 2.28. The highest BCUT2D eigenvalue weighted by atomic mass is 79.9. The molecule has 1 heterocycles. The van der Waals surface area contributed by atoms with Crippen LogP contribution in [0.5, 0.6) is 0 Å². The van der Waals surface area contributed by atoms with E-state index in [1.54, 1.807) is 0 Å². The average Bonchev–Trinajstić information content (AvgIpc) is 2.15. The van der Waals surface area contributed by atoms with Gasteiger partial charge in [0.1, 0.15) is 0 Å². The Labute approximate surface area is 105 Å². The summed E-state index contributed by atoms with van der Waals surface area (Å²) in [7, 11) is 0. The minimum atomic E-state index is 0.256. The van der Waals surface area contributed by atoms with E-state index in [9.17, 15) is 0 Å². The molecule has 88 valence electrons. The third-order valence-electron chi connectivity index (χ3n) is 2.75. The fourth-order valence-corrected chi connectivity index (χ4v) is 2.57. The van der Waals surface area contributed by atoms with Crippen LogP contribution in [0.25, 0.3) is 0 Å². The van der Waals surface area contributed by atoms with Gasteiger partial charge >= 0.3 is 0 Å². The first-order valence-electron chi connectivity index (χ1n) is 5.51. The Hall–Kier alpha value is -0.740. The molecule has 0 saturated carbocycles. The van der Waals surface area contributed by atoms with Crippen molar-refractivity contribution in [2.24, 2.45) is 0 Å². The summed E-state index contributed by atoms with van der Waals surface area (Å²) in [6.45, 7) is 5.99. The molecule has 0 radical (unpaired) electrons. The Morgan fingerprint density at radius 2 is 1.94 bits per heavy atom. The number of hydrogen-bond donors (Lipinski definition) is 1. The topological polar surface area (TPSA) is 38.5 Å². The lowest BCUT2D eigenvalue weighted by Gasteiger charge is -2.37. The number of ether oxygens (including phenoxy) is 1. The van der Waals surface area contributed by atoms with E-state index in [0.717, 1.165) is 28.9 Å². The van der Waals surface area contributed by atoms with Gasteiger partial charge in [-0.25, -0.2) is 0 Å². The molecule has 2 rings (SSSR count). The van der Waals surface area contributed by atoms with E-state index in [-0.39, 0.29) is 12.2 Å². The van der Waals surface area contributed by atoms with Crippen LogP contribution in [-0.4, -0.2) is 25.3 Å². The first-order valence-corrected chi connectivity index (χ1v) is 6.31. The van der Waals surface area contributed by atoms with E-state index in [4.69, 9.17) is 10.5 Å². The molecule has 0 bridgehead atoms. The van der Waals surface area contributed by atoms with E-state index < -0.39 is 0 Å². The van der Waals surface area contributed by atoms with Crippen LogP contribution in [0.1, 0.15) is 13.8 Å². The SMILES string of the molecule is CC1CN(c2ccc(Br)cc2N)CC(C)O1. The third kappa shape index (κ3) is 2.50. The standard InChI is InChI=1S/C12H17BrN2O/c1-8-6-15(7-9(2)16-8)12-4-3-10(13)5-11(12)14/h3-5,8-9H,6-7,14H2,1-2H3. The molecule has 4 heteroatoms. The Bertz CT molecular complexity index is 373. The predicted octanol–water partition coefficient (Wildman–Crippen LogP) is 2.64. The zero-order valence-corrected chi connectivity index (χ0v) is 11.2. The molecule has 0 aromatic heterocycles. The second-order valence-corrected chi connectivity index (χ2v) is 5.28. The van der Waals surface area contributed by atoms with Crippen molar-refractivity contribution in [3.63, 3.8) is 0 Å². The molecule has 0 spiro atoms. The maximum atomic E-state index is 6.03. The van der Waals surface area contributed by atoms with Crippen molar-refractivity contribution >= 4 is 27.3 Å². The fourth-order valence-electron chi connectivity index (χ4n) is 2.19. The smallest absolute Gasteiger partial charge is 0.0726 e. The third-order valence-corrected chi connectivity index (χ3v) is 3.24. The summed E-state index contributed by atoms with van der Waals surface area (Å²) in [5.41, 5.74) is 7.95. The lowest BCUT2D eigenvalue weighted by atomic mass is 10.2. The number of nitrogens with zero attached hydrogens (tertiary/aromatic N) is 1. The summed E-state index contributed by atoms with van der Waals surface area (Å²) in [5, 5.41) is 0. The molecule has 1 aliphatic heterocycles. The van der Waals surface area contributed by atoms with Gasteiger partial charge in [-0.15, -0.1) is 0 Å². The first-order chi connectivity index (χ1) is 7.56. The van der Waals surface area contributed by atoms with Crippen LogP contribution in [0.3, 0.4) is 0 Å². The molecular weight excluding hydrogens is 268 g/mol. The summed E-state index contributed by atoms with van der Waals surface area (Å²) >= 11 is 3.42. The number of halogens is 1. The van der Waals surface area contributed by atoms with Crippen molar-refractivity contribution < 1.29 is 4.74 Å². The highest BCUT2D eigenvalue weighted by Gasteiger charge is 2.23. The van der Waals surface area contributed by atoms with Crippen molar-refractivity contribution in [1.82, 2.24) is 0 Å². The number of nitrogen functional groups attached to an aromatic ring is 1. The van der Waals surface area contributed by atoms with Crippen molar-refractivity contribution in [2.45, 2.75) is 26.1 Å². The molecule has 16 heavy (non-hydrogen) atoms. The number of benzene rings is 1. The number of rotatable bonds is 1. The molecule has 1 saturated heterocycles. The van der Waals surface area contributed by atoms with Crippen LogP contribution in [0.15, 0.2) is 22.7 Å². The minimum Gasteiger partial charge on any atom is -0.397 e. The van der Waals surface area contributed by atoms with Gasteiger partial charge in [0, 0.05) is 17.6 Å². The molecule has 2 unspecified atom stereocenters. The highest BCUT2D eigenvalue weighted by molar-refractivity contribution is 9.10. The lowest BCUT2D eigenvalue weighted by molar-refractivity contribution is -0.00517. The molecule has 1 aliphatic rings. The monoisotopic (exact) mass is 284 g/mol. The van der Waals surface area contributed by atoms with Gasteiger partial charge in [-0.3, -0.25) is 0 Å². The minimum absolute atomic E-state index is 0.256. The van der Waals surface area contributed by atoms with Crippen LogP contribution in [0, 0.1) is 0 Å². The zero-order chi connectivity index (χ0) is 11.7. The van der Waals surface area contributed by atoms with Crippen molar-refractivity contribution in [3.8, 4) is 0 Å². The number of nitrogens with two attached hydrogens (primary N) is 1. The predicted molar refractivity (Wildman–Crippen MR) is 70.8 cm³/mol. The van der Waals surface area contributed by atoms with Gasteiger partial charge in [0.15, 0.2) is 0 Å². The van der Waals surface area contributed by atoms with Crippen LogP contribution in [0.4, 0.5) is 11.4 Å². The van der Waals surface area contributed by atoms with Crippen molar-refractivity contribution in [2.75, 3.05) is 23.7 Å². The summed E-state index contributed by atoms with van der Waals surface area (Å²) in [4.78, 5) is 2.29. The molecule has 1 aromatic rings. The molecule has 1 aromatic carbocycles. The number of morpholine rings is 1. The molecule has 1 fully saturated rings. The summed E-state index contributed by atoms with van der Waals surface area (Å²) < 4.78 is 6.73. The van der Waals surface area contributed by atoms with Gasteiger partial charge in [0.25, 0.3) is 0 Å². The van der Waals surface area contributed by atoms with Crippen LogP contribution >= 0.6 is 15.9 Å². The van der Waals surface area contributed by atoms with Gasteiger partial charge in [0.2, 0.25) is 0 Å². The van der Waals surface area contributed by atoms with Crippen molar-refractivity contribution in [3.05, 3.63) is 22.7 Å². The van der Waals surface area contributed by atoms with Gasteiger partial charge in [-0.05, 0) is 32.0 Å². The van der Waals surface area contributed by atoms with Crippen LogP contribution in [0.2, 0.25) is 0 Å². The Morgan fingerprint density at radius 1 is 1.31 bits per heavy atom. The van der Waals surface area contributed by atoms with E-state index in [0.29, 0.717) is 0 Å². The maximum Gasteiger partial charge on any atom is 0.0726 e. The molecular formula is C12H17BrN2O. The molecule has 2 N–H and O–H groups in total. The van der Waals surface area contributed by atoms with Gasteiger partial charge in [-0.1, -0.05) is 15.9 Å². The Balaban J connectivity index is 2.23. The Morgan fingerprint density at radius 3 is 2.50 bits per heavy atom. The van der Waals surface area contributed by atoms with Crippen molar-refractivity contribution in [1.29, 1.82) is 0 Å². The summed E-state index contributed by atoms with van der Waals surface area (Å²) in [6.07, 6.45) is 0.513. The largest absolute Gasteiger partial charge is 0.397 e. The molecule has 3 nitrogen and oxygen atoms in total. The van der Waals surface area contributed by atoms with Gasteiger partial charge < -0.3 is 15.4 Å². The van der Waals surface area contributed by atoms with Crippen LogP contribution in [-0.2, 0) is 4.74 Å². The second-order valence-electron chi connectivity index (χ2n) is 4.37. The summed E-state index contributed by atoms with van der Waals surface area (Å²) in [5.74, 6) is 0. The zero-order valence-electron chi connectivity index (χ0n) is 9.61. The van der Waals surface area contributed by atoms with Gasteiger partial charge in [-0.2, -0.15) is 0 Å². The van der Waals surface area contributed by atoms with E-state index >= 15 is 0 Å². The number of anilines is 2. The van der Waals surface area contributed by atoms with Crippen LogP contribution < -0.4 is 10.6 Å². The van der Waals surface area contributed by atoms with E-state index in [2.05, 4.69) is 40.7 Å². The maximum absolute atomic E-state index is 6.03. The average molecular weight is 285 g/mol. The Kier molecular flexibility index (Phi) is 3.40. The number of hydrogen-bond acceptors (Lipinski definition) is 3. The fraction of sp³-hybridized carbons (Fsp3) is 0.500. The normalized spacial score (nSPS) is 25.8. The second kappa shape index (κ2) is 4.63. The van der Waals surface area contributed by atoms with Gasteiger partial charge in [0.05, 0.1) is 23.6 Å². The first kappa shape index (κ1) is 11.7. The lowest BCUT2D eigenvalue weighted by Crippen LogP contribution is -2.45. The quantitative estimate of drug-likeness (QED) is 0.806. The molecule has 0 aliphatic carbocycles.